The van der Waals surface area contributed by atoms with Gasteiger partial charge >= 0.3 is 0 Å². The van der Waals surface area contributed by atoms with E-state index in [9.17, 15) is 0 Å². The van der Waals surface area contributed by atoms with E-state index in [1.54, 1.807) is 0 Å². The molecule has 1 N–H and O–H groups in total. The zero-order chi connectivity index (χ0) is 16.4. The molecule has 2 fully saturated rings. The molecule has 0 spiro atoms. The Morgan fingerprint density at radius 1 is 1.17 bits per heavy atom. The Hall–Kier alpha value is -1.96. The van der Waals surface area contributed by atoms with Crippen molar-refractivity contribution in [3.05, 3.63) is 30.1 Å². The summed E-state index contributed by atoms with van der Waals surface area (Å²) in [4.78, 5) is 9.27. The zero-order valence-corrected chi connectivity index (χ0v) is 13.9. The number of benzene rings is 1. The Morgan fingerprint density at radius 3 is 2.83 bits per heavy atom. The smallest absolute Gasteiger partial charge is 0.260 e. The summed E-state index contributed by atoms with van der Waals surface area (Å²) < 4.78 is 11.1. The van der Waals surface area contributed by atoms with Crippen molar-refractivity contribution in [2.45, 2.75) is 6.04 Å². The van der Waals surface area contributed by atoms with E-state index in [0.717, 1.165) is 63.0 Å². The summed E-state index contributed by atoms with van der Waals surface area (Å²) in [7, 11) is 2.10. The molecular formula is C17H23N5O2. The van der Waals surface area contributed by atoms with Gasteiger partial charge in [-0.05, 0) is 19.2 Å². The Kier molecular flexibility index (Phi) is 4.46. The molecule has 7 heteroatoms. The van der Waals surface area contributed by atoms with Crippen molar-refractivity contribution in [2.24, 2.45) is 0 Å². The lowest BCUT2D eigenvalue weighted by Crippen LogP contribution is -2.44. The molecular weight excluding hydrogens is 306 g/mol. The molecule has 1 unspecified atom stereocenters. The van der Waals surface area contributed by atoms with Crippen LogP contribution in [0.5, 0.6) is 0 Å². The molecule has 4 rings (SSSR count). The highest BCUT2D eigenvalue weighted by Crippen LogP contribution is 2.31. The quantitative estimate of drug-likeness (QED) is 0.906. The van der Waals surface area contributed by atoms with Crippen LogP contribution in [0.2, 0.25) is 0 Å². The van der Waals surface area contributed by atoms with Crippen molar-refractivity contribution in [1.82, 2.24) is 20.4 Å². The lowest BCUT2D eigenvalue weighted by Gasteiger charge is -2.30. The molecule has 128 valence electrons. The van der Waals surface area contributed by atoms with Crippen LogP contribution in [0.3, 0.4) is 0 Å². The van der Waals surface area contributed by atoms with Gasteiger partial charge in [0, 0.05) is 38.4 Å². The van der Waals surface area contributed by atoms with Gasteiger partial charge in [-0.2, -0.15) is 4.98 Å². The molecule has 1 atom stereocenters. The zero-order valence-electron chi connectivity index (χ0n) is 13.9. The van der Waals surface area contributed by atoms with Gasteiger partial charge in [0.15, 0.2) is 5.82 Å². The largest absolute Gasteiger partial charge is 0.378 e. The predicted octanol–water partition coefficient (Wildman–Crippen LogP) is 1.15. The maximum atomic E-state index is 5.61. The summed E-state index contributed by atoms with van der Waals surface area (Å²) in [6.45, 7) is 6.10. The number of likely N-dealkylation sites (N-methyl/N-ethyl adjacent to an activating group) is 1. The first-order valence-electron chi connectivity index (χ1n) is 8.49. The second-order valence-electron chi connectivity index (χ2n) is 6.27. The first kappa shape index (κ1) is 15.6. The van der Waals surface area contributed by atoms with Crippen LogP contribution >= 0.6 is 0 Å². The SMILES string of the molecule is CN1CCNCC1c1noc(-c2ccccc2N2CCOCC2)n1. The topological polar surface area (TPSA) is 66.7 Å². The average Bonchev–Trinajstić information content (AvgIpc) is 3.12. The van der Waals surface area contributed by atoms with Crippen molar-refractivity contribution in [3.8, 4) is 11.5 Å². The maximum absolute atomic E-state index is 5.61. The van der Waals surface area contributed by atoms with E-state index < -0.39 is 0 Å². The summed E-state index contributed by atoms with van der Waals surface area (Å²) in [6, 6.07) is 8.37. The number of para-hydroxylation sites is 1. The van der Waals surface area contributed by atoms with Crippen molar-refractivity contribution in [1.29, 1.82) is 0 Å². The summed E-state index contributed by atoms with van der Waals surface area (Å²) in [5, 5.41) is 7.63. The average molecular weight is 329 g/mol. The van der Waals surface area contributed by atoms with Crippen molar-refractivity contribution >= 4 is 5.69 Å². The number of aromatic nitrogens is 2. The molecule has 0 aliphatic carbocycles. The van der Waals surface area contributed by atoms with Crippen LogP contribution in [-0.4, -0.2) is 68.0 Å². The Labute approximate surface area is 141 Å². The molecule has 0 radical (unpaired) electrons. The van der Waals surface area contributed by atoms with Crippen LogP contribution in [0.4, 0.5) is 5.69 Å². The molecule has 24 heavy (non-hydrogen) atoms. The summed E-state index contributed by atoms with van der Waals surface area (Å²) in [5.74, 6) is 1.34. The van der Waals surface area contributed by atoms with Gasteiger partial charge < -0.3 is 19.5 Å². The number of anilines is 1. The van der Waals surface area contributed by atoms with Gasteiger partial charge in [-0.25, -0.2) is 0 Å². The predicted molar refractivity (Wildman–Crippen MR) is 91.0 cm³/mol. The first-order chi connectivity index (χ1) is 11.8. The standard InChI is InChI=1S/C17H23N5O2/c1-21-7-6-18-12-15(21)16-19-17(24-20-16)13-4-2-3-5-14(13)22-8-10-23-11-9-22/h2-5,15,18H,6-12H2,1H3. The Morgan fingerprint density at radius 2 is 2.00 bits per heavy atom. The van der Waals surface area contributed by atoms with Crippen LogP contribution in [0.1, 0.15) is 11.9 Å². The highest BCUT2D eigenvalue weighted by atomic mass is 16.5. The van der Waals surface area contributed by atoms with Gasteiger partial charge in [-0.15, -0.1) is 0 Å². The number of nitrogens with one attached hydrogen (secondary N) is 1. The van der Waals surface area contributed by atoms with Gasteiger partial charge in [0.25, 0.3) is 5.89 Å². The molecule has 3 heterocycles. The van der Waals surface area contributed by atoms with Gasteiger partial charge in [0.2, 0.25) is 0 Å². The minimum Gasteiger partial charge on any atom is -0.378 e. The number of hydrogen-bond acceptors (Lipinski definition) is 7. The molecule has 0 amide bonds. The Bertz CT molecular complexity index is 683. The number of rotatable bonds is 3. The molecule has 2 aromatic rings. The maximum Gasteiger partial charge on any atom is 0.260 e. The molecule has 2 saturated heterocycles. The summed E-state index contributed by atoms with van der Waals surface area (Å²) in [5.41, 5.74) is 2.12. The van der Waals surface area contributed by atoms with Crippen LogP contribution in [0, 0.1) is 0 Å². The third-order valence-corrected chi connectivity index (χ3v) is 4.74. The number of morpholine rings is 1. The lowest BCUT2D eigenvalue weighted by molar-refractivity contribution is 0.122. The van der Waals surface area contributed by atoms with Crippen LogP contribution in [-0.2, 0) is 4.74 Å². The van der Waals surface area contributed by atoms with Crippen LogP contribution in [0.15, 0.2) is 28.8 Å². The highest BCUT2D eigenvalue weighted by molar-refractivity contribution is 5.73. The van der Waals surface area contributed by atoms with Gasteiger partial charge in [0.05, 0.1) is 24.8 Å². The molecule has 7 nitrogen and oxygen atoms in total. The monoisotopic (exact) mass is 329 g/mol. The lowest BCUT2D eigenvalue weighted by atomic mass is 10.1. The van der Waals surface area contributed by atoms with Crippen molar-refractivity contribution < 1.29 is 9.26 Å². The number of nitrogens with zero attached hydrogens (tertiary/aromatic N) is 4. The van der Waals surface area contributed by atoms with Gasteiger partial charge in [0.1, 0.15) is 0 Å². The molecule has 2 aliphatic heterocycles. The third kappa shape index (κ3) is 3.02. The van der Waals surface area contributed by atoms with Gasteiger partial charge in [-0.1, -0.05) is 17.3 Å². The van der Waals surface area contributed by atoms with Crippen molar-refractivity contribution in [3.63, 3.8) is 0 Å². The fraction of sp³-hybridized carbons (Fsp3) is 0.529. The van der Waals surface area contributed by atoms with E-state index >= 15 is 0 Å². The molecule has 0 bridgehead atoms. The normalized spacial score (nSPS) is 22.7. The van der Waals surface area contributed by atoms with E-state index in [-0.39, 0.29) is 6.04 Å². The molecule has 1 aromatic carbocycles. The highest BCUT2D eigenvalue weighted by Gasteiger charge is 2.26. The molecule has 1 aromatic heterocycles. The Balaban J connectivity index is 1.62. The van der Waals surface area contributed by atoms with Crippen LogP contribution < -0.4 is 10.2 Å². The number of ether oxygens (including phenoxy) is 1. The summed E-state index contributed by atoms with van der Waals surface area (Å²) in [6.07, 6.45) is 0. The van der Waals surface area contributed by atoms with E-state index in [1.165, 1.54) is 0 Å². The molecule has 0 saturated carbocycles. The third-order valence-electron chi connectivity index (χ3n) is 4.74. The van der Waals surface area contributed by atoms with Crippen LogP contribution in [0.25, 0.3) is 11.5 Å². The van der Waals surface area contributed by atoms with E-state index in [0.29, 0.717) is 5.89 Å². The number of hydrogen-bond donors (Lipinski definition) is 1. The van der Waals surface area contributed by atoms with E-state index in [2.05, 4.69) is 33.4 Å². The number of piperazine rings is 1. The minimum absolute atomic E-state index is 0.159. The molecule has 2 aliphatic rings. The fourth-order valence-corrected chi connectivity index (χ4v) is 3.31. The van der Waals surface area contributed by atoms with Gasteiger partial charge in [-0.3, -0.25) is 4.90 Å². The second kappa shape index (κ2) is 6.88. The van der Waals surface area contributed by atoms with Crippen molar-refractivity contribution in [2.75, 3.05) is 57.9 Å². The van der Waals surface area contributed by atoms with E-state index in [4.69, 9.17) is 14.2 Å². The second-order valence-corrected chi connectivity index (χ2v) is 6.27. The minimum atomic E-state index is 0.159. The van der Waals surface area contributed by atoms with E-state index in [1.807, 2.05) is 18.2 Å². The fourth-order valence-electron chi connectivity index (χ4n) is 3.31. The first-order valence-corrected chi connectivity index (χ1v) is 8.49. The summed E-state index contributed by atoms with van der Waals surface area (Å²) >= 11 is 0.